The van der Waals surface area contributed by atoms with E-state index in [2.05, 4.69) is 10.6 Å². The highest BCUT2D eigenvalue weighted by molar-refractivity contribution is 5.88. The quantitative estimate of drug-likeness (QED) is 0.569. The van der Waals surface area contributed by atoms with E-state index in [9.17, 15) is 14.4 Å². The molecule has 0 spiro atoms. The number of carboxylic acid groups (broad SMARTS) is 1. The summed E-state index contributed by atoms with van der Waals surface area (Å²) in [5.74, 6) is -1.62. The second kappa shape index (κ2) is 10.4. The molecule has 6 nitrogen and oxygen atoms in total. The molecule has 3 N–H and O–H groups in total. The Kier molecular flexibility index (Phi) is 8.42. The molecular weight excluding hydrogens is 296 g/mol. The molecule has 1 aromatic carbocycles. The van der Waals surface area contributed by atoms with Gasteiger partial charge in [-0.15, -0.1) is 0 Å². The largest absolute Gasteiger partial charge is 0.481 e. The molecule has 0 unspecified atom stereocenters. The number of aliphatic carboxylic acids is 1. The molecule has 0 saturated carbocycles. The van der Waals surface area contributed by atoms with Crippen molar-refractivity contribution in [2.75, 3.05) is 6.54 Å². The van der Waals surface area contributed by atoms with Crippen LogP contribution in [0.1, 0.15) is 38.2 Å². The Hall–Kier alpha value is -2.37. The van der Waals surface area contributed by atoms with Crippen molar-refractivity contribution in [1.29, 1.82) is 0 Å². The lowest BCUT2D eigenvalue weighted by molar-refractivity contribution is -0.138. The van der Waals surface area contributed by atoms with Crippen LogP contribution in [0, 0.1) is 0 Å². The van der Waals surface area contributed by atoms with E-state index >= 15 is 0 Å². The number of benzene rings is 1. The molecule has 0 fully saturated rings. The summed E-state index contributed by atoms with van der Waals surface area (Å²) in [6.07, 6.45) is 1.85. The number of unbranched alkanes of at least 4 members (excludes halogenated alkanes) is 1. The third-order valence-corrected chi connectivity index (χ3v) is 3.34. The highest BCUT2D eigenvalue weighted by Gasteiger charge is 2.21. The van der Waals surface area contributed by atoms with Gasteiger partial charge in [-0.2, -0.15) is 0 Å². The molecule has 0 bridgehead atoms. The van der Waals surface area contributed by atoms with Crippen molar-refractivity contribution >= 4 is 17.8 Å². The van der Waals surface area contributed by atoms with Crippen LogP contribution in [0.2, 0.25) is 0 Å². The van der Waals surface area contributed by atoms with Gasteiger partial charge in [-0.25, -0.2) is 0 Å². The Morgan fingerprint density at radius 1 is 1.17 bits per heavy atom. The maximum atomic E-state index is 12.1. The van der Waals surface area contributed by atoms with Crippen molar-refractivity contribution in [2.45, 2.75) is 45.1 Å². The van der Waals surface area contributed by atoms with Gasteiger partial charge >= 0.3 is 5.97 Å². The van der Waals surface area contributed by atoms with E-state index in [1.165, 1.54) is 0 Å². The molecule has 1 atom stereocenters. The second-order valence-corrected chi connectivity index (χ2v) is 5.36. The van der Waals surface area contributed by atoms with Crippen LogP contribution in [0.15, 0.2) is 30.3 Å². The first-order chi connectivity index (χ1) is 11.0. The summed E-state index contributed by atoms with van der Waals surface area (Å²) in [7, 11) is 0. The fourth-order valence-electron chi connectivity index (χ4n) is 2.07. The standard InChI is InChI=1S/C17H24N2O4/c1-2-3-11-18-17(23)14(9-10-16(21)22)19-15(20)12-13-7-5-4-6-8-13/h4-8,14H,2-3,9-12H2,1H3,(H,18,23)(H,19,20)(H,21,22)/t14-/m0/s1. The van der Waals surface area contributed by atoms with Crippen molar-refractivity contribution in [3.63, 3.8) is 0 Å². The number of hydrogen-bond donors (Lipinski definition) is 3. The maximum absolute atomic E-state index is 12.1. The Bertz CT molecular complexity index is 517. The van der Waals surface area contributed by atoms with Crippen molar-refractivity contribution in [3.05, 3.63) is 35.9 Å². The average Bonchev–Trinajstić information content (AvgIpc) is 2.52. The number of hydrogen-bond acceptors (Lipinski definition) is 3. The first kappa shape index (κ1) is 18.7. The summed E-state index contributed by atoms with van der Waals surface area (Å²) in [5, 5.41) is 14.1. The minimum atomic E-state index is -0.992. The molecule has 0 radical (unpaired) electrons. The normalized spacial score (nSPS) is 11.5. The van der Waals surface area contributed by atoms with Crippen molar-refractivity contribution in [3.8, 4) is 0 Å². The molecule has 0 aliphatic heterocycles. The summed E-state index contributed by atoms with van der Waals surface area (Å²) in [5.41, 5.74) is 0.841. The lowest BCUT2D eigenvalue weighted by Gasteiger charge is -2.18. The Labute approximate surface area is 136 Å². The molecule has 23 heavy (non-hydrogen) atoms. The van der Waals surface area contributed by atoms with Crippen LogP contribution >= 0.6 is 0 Å². The first-order valence-corrected chi connectivity index (χ1v) is 7.85. The van der Waals surface area contributed by atoms with Crippen LogP contribution in [0.25, 0.3) is 0 Å². The van der Waals surface area contributed by atoms with Gasteiger partial charge in [-0.3, -0.25) is 14.4 Å². The second-order valence-electron chi connectivity index (χ2n) is 5.36. The van der Waals surface area contributed by atoms with Gasteiger partial charge in [0.25, 0.3) is 0 Å². The third kappa shape index (κ3) is 7.99. The third-order valence-electron chi connectivity index (χ3n) is 3.34. The summed E-state index contributed by atoms with van der Waals surface area (Å²) < 4.78 is 0. The van der Waals surface area contributed by atoms with Gasteiger partial charge in [0.2, 0.25) is 11.8 Å². The predicted molar refractivity (Wildman–Crippen MR) is 86.9 cm³/mol. The van der Waals surface area contributed by atoms with Crippen LogP contribution in [-0.2, 0) is 20.8 Å². The number of amides is 2. The van der Waals surface area contributed by atoms with E-state index in [0.717, 1.165) is 18.4 Å². The Balaban J connectivity index is 2.58. The molecule has 6 heteroatoms. The monoisotopic (exact) mass is 320 g/mol. The molecular formula is C17H24N2O4. The van der Waals surface area contributed by atoms with Gasteiger partial charge in [0.05, 0.1) is 6.42 Å². The van der Waals surface area contributed by atoms with Crippen molar-refractivity contribution < 1.29 is 19.5 Å². The number of rotatable bonds is 10. The van der Waals surface area contributed by atoms with Gasteiger partial charge in [-0.1, -0.05) is 43.7 Å². The zero-order valence-electron chi connectivity index (χ0n) is 13.4. The van der Waals surface area contributed by atoms with E-state index in [4.69, 9.17) is 5.11 Å². The molecule has 126 valence electrons. The molecule has 0 aliphatic carbocycles. The van der Waals surface area contributed by atoms with E-state index in [0.29, 0.717) is 6.54 Å². The smallest absolute Gasteiger partial charge is 0.303 e. The molecule has 1 rings (SSSR count). The molecule has 0 saturated heterocycles. The topological polar surface area (TPSA) is 95.5 Å². The minimum absolute atomic E-state index is 0.0772. The summed E-state index contributed by atoms with van der Waals surface area (Å²) >= 11 is 0. The summed E-state index contributed by atoms with van der Waals surface area (Å²) in [4.78, 5) is 34.9. The van der Waals surface area contributed by atoms with Gasteiger partial charge < -0.3 is 15.7 Å². The van der Waals surface area contributed by atoms with Crippen LogP contribution in [0.4, 0.5) is 0 Å². The van der Waals surface area contributed by atoms with Crippen molar-refractivity contribution in [2.24, 2.45) is 0 Å². The lowest BCUT2D eigenvalue weighted by Crippen LogP contribution is -2.47. The molecule has 0 heterocycles. The first-order valence-electron chi connectivity index (χ1n) is 7.85. The highest BCUT2D eigenvalue weighted by Crippen LogP contribution is 2.03. The highest BCUT2D eigenvalue weighted by atomic mass is 16.4. The van der Waals surface area contributed by atoms with Crippen LogP contribution in [0.3, 0.4) is 0 Å². The zero-order valence-corrected chi connectivity index (χ0v) is 13.4. The number of carbonyl (C=O) groups excluding carboxylic acids is 2. The van der Waals surface area contributed by atoms with Gasteiger partial charge in [0.1, 0.15) is 6.04 Å². The number of carboxylic acids is 1. The molecule has 1 aromatic rings. The van der Waals surface area contributed by atoms with E-state index in [-0.39, 0.29) is 31.1 Å². The number of carbonyl (C=O) groups is 3. The van der Waals surface area contributed by atoms with Crippen LogP contribution in [-0.4, -0.2) is 35.5 Å². The fraction of sp³-hybridized carbons (Fsp3) is 0.471. The van der Waals surface area contributed by atoms with Gasteiger partial charge in [-0.05, 0) is 18.4 Å². The molecule has 0 aromatic heterocycles. The Morgan fingerprint density at radius 2 is 1.87 bits per heavy atom. The van der Waals surface area contributed by atoms with Crippen molar-refractivity contribution in [1.82, 2.24) is 10.6 Å². The molecule has 0 aliphatic rings. The molecule has 2 amide bonds. The summed E-state index contributed by atoms with van der Waals surface area (Å²) in [6.45, 7) is 2.53. The van der Waals surface area contributed by atoms with Gasteiger partial charge in [0, 0.05) is 13.0 Å². The Morgan fingerprint density at radius 3 is 2.48 bits per heavy atom. The van der Waals surface area contributed by atoms with E-state index in [1.807, 2.05) is 37.3 Å². The SMILES string of the molecule is CCCCNC(=O)[C@H](CCC(=O)O)NC(=O)Cc1ccccc1. The van der Waals surface area contributed by atoms with Gasteiger partial charge in [0.15, 0.2) is 0 Å². The summed E-state index contributed by atoms with van der Waals surface area (Å²) in [6, 6.07) is 8.36. The fourth-order valence-corrected chi connectivity index (χ4v) is 2.07. The lowest BCUT2D eigenvalue weighted by atomic mass is 10.1. The van der Waals surface area contributed by atoms with Crippen LogP contribution < -0.4 is 10.6 Å². The van der Waals surface area contributed by atoms with E-state index in [1.54, 1.807) is 0 Å². The predicted octanol–water partition coefficient (Wildman–Crippen LogP) is 1.50. The minimum Gasteiger partial charge on any atom is -0.481 e. The van der Waals surface area contributed by atoms with Crippen LogP contribution in [0.5, 0.6) is 0 Å². The average molecular weight is 320 g/mol. The number of nitrogens with one attached hydrogen (secondary N) is 2. The zero-order chi connectivity index (χ0) is 17.1. The van der Waals surface area contributed by atoms with E-state index < -0.39 is 12.0 Å². The maximum Gasteiger partial charge on any atom is 0.303 e.